The SMILES string of the molecule is Cn1nccc1CCSc1cc(Br)ccc1N. The summed E-state index contributed by atoms with van der Waals surface area (Å²) in [7, 11) is 1.97. The Labute approximate surface area is 114 Å². The summed E-state index contributed by atoms with van der Waals surface area (Å²) >= 11 is 5.23. The van der Waals surface area contributed by atoms with E-state index in [-0.39, 0.29) is 0 Å². The minimum atomic E-state index is 0.836. The van der Waals surface area contributed by atoms with E-state index in [1.54, 1.807) is 11.8 Å². The fraction of sp³-hybridized carbons (Fsp3) is 0.250. The van der Waals surface area contributed by atoms with Gasteiger partial charge in [0.05, 0.1) is 0 Å². The Kier molecular flexibility index (Phi) is 4.12. The molecule has 0 unspecified atom stereocenters. The topological polar surface area (TPSA) is 43.8 Å². The normalized spacial score (nSPS) is 10.7. The zero-order chi connectivity index (χ0) is 12.3. The van der Waals surface area contributed by atoms with Crippen molar-refractivity contribution in [2.45, 2.75) is 11.3 Å². The Balaban J connectivity index is 1.94. The summed E-state index contributed by atoms with van der Waals surface area (Å²) in [5, 5.41) is 4.15. The number of halogens is 1. The van der Waals surface area contributed by atoms with Gasteiger partial charge < -0.3 is 5.73 Å². The van der Waals surface area contributed by atoms with E-state index in [0.717, 1.165) is 27.2 Å². The Morgan fingerprint density at radius 2 is 2.24 bits per heavy atom. The van der Waals surface area contributed by atoms with Crippen LogP contribution < -0.4 is 5.73 Å². The molecule has 90 valence electrons. The van der Waals surface area contributed by atoms with Crippen LogP contribution in [0.1, 0.15) is 5.69 Å². The quantitative estimate of drug-likeness (QED) is 0.697. The second-order valence-corrected chi connectivity index (χ2v) is 5.78. The summed E-state index contributed by atoms with van der Waals surface area (Å²) in [5.74, 6) is 1.00. The number of aryl methyl sites for hydroxylation is 2. The maximum absolute atomic E-state index is 5.92. The van der Waals surface area contributed by atoms with Crippen LogP contribution in [0.25, 0.3) is 0 Å². The van der Waals surface area contributed by atoms with E-state index >= 15 is 0 Å². The predicted octanol–water partition coefficient (Wildman–Crippen LogP) is 3.10. The van der Waals surface area contributed by atoms with Crippen LogP contribution in [0.15, 0.2) is 39.8 Å². The lowest BCUT2D eigenvalue weighted by atomic mass is 10.3. The van der Waals surface area contributed by atoms with Gasteiger partial charge in [-0.25, -0.2) is 0 Å². The maximum Gasteiger partial charge on any atom is 0.0492 e. The fourth-order valence-corrected chi connectivity index (χ4v) is 3.03. The summed E-state index contributed by atoms with van der Waals surface area (Å²) in [6, 6.07) is 7.99. The van der Waals surface area contributed by atoms with Gasteiger partial charge in [0.1, 0.15) is 0 Å². The summed E-state index contributed by atoms with van der Waals surface area (Å²) in [4.78, 5) is 1.13. The van der Waals surface area contributed by atoms with E-state index in [1.165, 1.54) is 5.69 Å². The third-order valence-electron chi connectivity index (χ3n) is 2.51. The molecule has 0 amide bonds. The van der Waals surface area contributed by atoms with Crippen molar-refractivity contribution >= 4 is 33.4 Å². The predicted molar refractivity (Wildman–Crippen MR) is 76.2 cm³/mol. The maximum atomic E-state index is 5.92. The van der Waals surface area contributed by atoms with Crippen molar-refractivity contribution in [2.75, 3.05) is 11.5 Å². The highest BCUT2D eigenvalue weighted by atomic mass is 79.9. The molecule has 2 N–H and O–H groups in total. The van der Waals surface area contributed by atoms with Gasteiger partial charge in [-0.1, -0.05) is 15.9 Å². The molecule has 0 saturated carbocycles. The van der Waals surface area contributed by atoms with Gasteiger partial charge in [-0.15, -0.1) is 11.8 Å². The van der Waals surface area contributed by atoms with Gasteiger partial charge >= 0.3 is 0 Å². The Morgan fingerprint density at radius 1 is 1.41 bits per heavy atom. The van der Waals surface area contributed by atoms with Crippen molar-refractivity contribution in [3.63, 3.8) is 0 Å². The van der Waals surface area contributed by atoms with Crippen LogP contribution in [-0.2, 0) is 13.5 Å². The molecule has 1 aromatic heterocycles. The van der Waals surface area contributed by atoms with Crippen LogP contribution in [0.2, 0.25) is 0 Å². The highest BCUT2D eigenvalue weighted by molar-refractivity contribution is 9.10. The third kappa shape index (κ3) is 3.26. The molecule has 1 aromatic carbocycles. The van der Waals surface area contributed by atoms with Crippen molar-refractivity contribution in [3.05, 3.63) is 40.6 Å². The summed E-state index contributed by atoms with van der Waals surface area (Å²) in [6.45, 7) is 0. The molecule has 0 fully saturated rings. The lowest BCUT2D eigenvalue weighted by Gasteiger charge is -2.06. The molecule has 0 aliphatic heterocycles. The second-order valence-electron chi connectivity index (χ2n) is 3.73. The van der Waals surface area contributed by atoms with Gasteiger partial charge in [0, 0.05) is 39.7 Å². The lowest BCUT2D eigenvalue weighted by Crippen LogP contribution is -1.99. The highest BCUT2D eigenvalue weighted by Crippen LogP contribution is 2.28. The number of rotatable bonds is 4. The summed E-state index contributed by atoms with van der Waals surface area (Å²) in [6.07, 6.45) is 2.82. The molecule has 0 radical (unpaired) electrons. The second kappa shape index (κ2) is 5.60. The number of nitrogen functional groups attached to an aromatic ring is 1. The number of nitrogens with two attached hydrogens (primary N) is 1. The molecule has 3 nitrogen and oxygen atoms in total. The number of hydrogen-bond donors (Lipinski definition) is 1. The van der Waals surface area contributed by atoms with Crippen LogP contribution in [0.5, 0.6) is 0 Å². The number of aromatic nitrogens is 2. The zero-order valence-corrected chi connectivity index (χ0v) is 12.0. The van der Waals surface area contributed by atoms with Crippen molar-refractivity contribution in [3.8, 4) is 0 Å². The molecule has 0 atom stereocenters. The van der Waals surface area contributed by atoms with Gasteiger partial charge in [0.2, 0.25) is 0 Å². The van der Waals surface area contributed by atoms with Crippen LogP contribution in [-0.4, -0.2) is 15.5 Å². The first-order chi connectivity index (χ1) is 8.16. The monoisotopic (exact) mass is 311 g/mol. The number of thioether (sulfide) groups is 1. The van der Waals surface area contributed by atoms with Crippen molar-refractivity contribution in [1.29, 1.82) is 0 Å². The molecule has 0 bridgehead atoms. The first kappa shape index (κ1) is 12.5. The van der Waals surface area contributed by atoms with Gasteiger partial charge in [-0.2, -0.15) is 5.10 Å². The Bertz CT molecular complexity index is 510. The summed E-state index contributed by atoms with van der Waals surface area (Å²) in [5.41, 5.74) is 8.00. The lowest BCUT2D eigenvalue weighted by molar-refractivity contribution is 0.720. The minimum absolute atomic E-state index is 0.836. The number of hydrogen-bond acceptors (Lipinski definition) is 3. The molecule has 2 aromatic rings. The molecular formula is C12H14BrN3S. The van der Waals surface area contributed by atoms with Gasteiger partial charge in [0.25, 0.3) is 0 Å². The van der Waals surface area contributed by atoms with Crippen molar-refractivity contribution in [2.24, 2.45) is 7.05 Å². The molecule has 0 aliphatic rings. The standard InChI is InChI=1S/C12H14BrN3S/c1-16-10(4-6-15-16)5-7-17-12-8-9(13)2-3-11(12)14/h2-4,6,8H,5,7,14H2,1H3. The minimum Gasteiger partial charge on any atom is -0.398 e. The van der Waals surface area contributed by atoms with Crippen molar-refractivity contribution < 1.29 is 0 Å². The molecule has 17 heavy (non-hydrogen) atoms. The van der Waals surface area contributed by atoms with Crippen LogP contribution >= 0.6 is 27.7 Å². The van der Waals surface area contributed by atoms with E-state index in [1.807, 2.05) is 36.1 Å². The van der Waals surface area contributed by atoms with Gasteiger partial charge in [0.15, 0.2) is 0 Å². The van der Waals surface area contributed by atoms with Crippen LogP contribution in [0.3, 0.4) is 0 Å². The molecule has 0 spiro atoms. The molecule has 1 heterocycles. The highest BCUT2D eigenvalue weighted by Gasteiger charge is 2.03. The van der Waals surface area contributed by atoms with Crippen molar-refractivity contribution in [1.82, 2.24) is 9.78 Å². The zero-order valence-electron chi connectivity index (χ0n) is 9.56. The van der Waals surface area contributed by atoms with E-state index in [4.69, 9.17) is 5.73 Å². The Morgan fingerprint density at radius 3 is 2.94 bits per heavy atom. The first-order valence-corrected chi connectivity index (χ1v) is 7.09. The smallest absolute Gasteiger partial charge is 0.0492 e. The van der Waals surface area contributed by atoms with Gasteiger partial charge in [-0.3, -0.25) is 4.68 Å². The van der Waals surface area contributed by atoms with Crippen LogP contribution in [0.4, 0.5) is 5.69 Å². The fourth-order valence-electron chi connectivity index (χ4n) is 1.55. The summed E-state index contributed by atoms with van der Waals surface area (Å²) < 4.78 is 2.97. The largest absolute Gasteiger partial charge is 0.398 e. The average Bonchev–Trinajstić information content (AvgIpc) is 2.70. The Hall–Kier alpha value is -0.940. The average molecular weight is 312 g/mol. The molecule has 5 heteroatoms. The van der Waals surface area contributed by atoms with E-state index in [0.29, 0.717) is 0 Å². The van der Waals surface area contributed by atoms with E-state index < -0.39 is 0 Å². The number of nitrogens with zero attached hydrogens (tertiary/aromatic N) is 2. The van der Waals surface area contributed by atoms with Crippen LogP contribution in [0, 0.1) is 0 Å². The molecule has 0 aliphatic carbocycles. The molecule has 2 rings (SSSR count). The van der Waals surface area contributed by atoms with E-state index in [9.17, 15) is 0 Å². The first-order valence-electron chi connectivity index (χ1n) is 5.31. The number of benzene rings is 1. The van der Waals surface area contributed by atoms with E-state index in [2.05, 4.69) is 27.1 Å². The van der Waals surface area contributed by atoms with Gasteiger partial charge in [-0.05, 0) is 30.7 Å². The third-order valence-corrected chi connectivity index (χ3v) is 4.08. The number of anilines is 1. The molecule has 0 saturated heterocycles. The molecular weight excluding hydrogens is 298 g/mol.